The maximum Gasteiger partial charge on any atom is 0.293 e. The Kier molecular flexibility index (Phi) is 4.18. The number of aryl methyl sites for hydroxylation is 2. The molecule has 8 heteroatoms. The second-order valence-corrected chi connectivity index (χ2v) is 6.42. The molecule has 3 aromatic rings. The van der Waals surface area contributed by atoms with E-state index in [9.17, 15) is 9.59 Å². The van der Waals surface area contributed by atoms with Gasteiger partial charge in [-0.1, -0.05) is 17.8 Å². The van der Waals surface area contributed by atoms with Crippen LogP contribution in [0.2, 0.25) is 0 Å². The molecule has 2 aromatic heterocycles. The first-order chi connectivity index (χ1) is 11.0. The Labute approximate surface area is 140 Å². The minimum absolute atomic E-state index is 0.0444. The fraction of sp³-hybridized carbons (Fsp3) is 0.200. The van der Waals surface area contributed by atoms with Crippen molar-refractivity contribution in [3.8, 4) is 0 Å². The molecule has 23 heavy (non-hydrogen) atoms. The summed E-state index contributed by atoms with van der Waals surface area (Å²) in [6.07, 6.45) is 1.85. The number of carbonyl (C=O) groups is 1. The van der Waals surface area contributed by atoms with E-state index in [0.717, 1.165) is 22.7 Å². The van der Waals surface area contributed by atoms with Crippen LogP contribution in [0.3, 0.4) is 0 Å². The molecule has 0 bridgehead atoms. The number of amides is 1. The zero-order valence-electron chi connectivity index (χ0n) is 12.7. The normalized spacial score (nSPS) is 10.9. The summed E-state index contributed by atoms with van der Waals surface area (Å²) in [5.74, 6) is -0.564. The van der Waals surface area contributed by atoms with Crippen molar-refractivity contribution in [2.24, 2.45) is 0 Å². The molecule has 1 amide bonds. The number of anilines is 1. The average Bonchev–Trinajstić information content (AvgIpc) is 2.98. The van der Waals surface area contributed by atoms with Gasteiger partial charge in [-0.2, -0.15) is 9.36 Å². The number of fused-ring (bicyclic) bond motifs is 1. The number of hydrogen-bond acceptors (Lipinski definition) is 7. The van der Waals surface area contributed by atoms with Gasteiger partial charge in [0.05, 0.1) is 5.39 Å². The van der Waals surface area contributed by atoms with Crippen LogP contribution in [0.5, 0.6) is 0 Å². The smallest absolute Gasteiger partial charge is 0.293 e. The third-order valence-corrected chi connectivity index (χ3v) is 4.74. The molecule has 3 rings (SSSR count). The highest BCUT2D eigenvalue weighted by molar-refractivity contribution is 7.98. The van der Waals surface area contributed by atoms with E-state index >= 15 is 0 Å². The third kappa shape index (κ3) is 2.99. The predicted molar refractivity (Wildman–Crippen MR) is 91.6 cm³/mol. The lowest BCUT2D eigenvalue weighted by molar-refractivity contribution is 0.0997. The number of nitrogens with one attached hydrogen (secondary N) is 1. The Morgan fingerprint density at radius 1 is 1.35 bits per heavy atom. The molecule has 6 nitrogen and oxygen atoms in total. The number of aromatic nitrogens is 2. The first-order valence-corrected chi connectivity index (χ1v) is 8.72. The lowest BCUT2D eigenvalue weighted by atomic mass is 10.1. The summed E-state index contributed by atoms with van der Waals surface area (Å²) in [6, 6.07) is 4.77. The molecule has 118 valence electrons. The Balaban J connectivity index is 2.00. The van der Waals surface area contributed by atoms with Crippen molar-refractivity contribution in [1.82, 2.24) is 9.36 Å². The molecular formula is C15H13N3O3S2. The van der Waals surface area contributed by atoms with Crippen LogP contribution in [0.25, 0.3) is 11.0 Å². The van der Waals surface area contributed by atoms with Crippen molar-refractivity contribution in [1.29, 1.82) is 0 Å². The van der Waals surface area contributed by atoms with Crippen LogP contribution in [0.15, 0.2) is 32.6 Å². The Bertz CT molecular complexity index is 962. The molecule has 0 aliphatic rings. The topological polar surface area (TPSA) is 85.1 Å². The first kappa shape index (κ1) is 15.7. The van der Waals surface area contributed by atoms with E-state index in [0.29, 0.717) is 21.3 Å². The van der Waals surface area contributed by atoms with E-state index in [2.05, 4.69) is 14.7 Å². The fourth-order valence-electron chi connectivity index (χ4n) is 2.07. The number of rotatable bonds is 3. The zero-order chi connectivity index (χ0) is 16.6. The van der Waals surface area contributed by atoms with Gasteiger partial charge >= 0.3 is 0 Å². The van der Waals surface area contributed by atoms with Crippen molar-refractivity contribution >= 4 is 45.3 Å². The van der Waals surface area contributed by atoms with Gasteiger partial charge in [-0.05, 0) is 37.3 Å². The van der Waals surface area contributed by atoms with Crippen LogP contribution in [-0.4, -0.2) is 21.5 Å². The van der Waals surface area contributed by atoms with Crippen molar-refractivity contribution in [2.75, 3.05) is 11.6 Å². The first-order valence-electron chi connectivity index (χ1n) is 6.72. The van der Waals surface area contributed by atoms with Gasteiger partial charge in [0.25, 0.3) is 5.91 Å². The SMILES string of the molecule is CSc1nsc(NC(=O)c2cc(=O)c3ccc(C)c(C)c3o2)n1. The monoisotopic (exact) mass is 347 g/mol. The van der Waals surface area contributed by atoms with Gasteiger partial charge in [0.15, 0.2) is 11.2 Å². The van der Waals surface area contributed by atoms with Gasteiger partial charge < -0.3 is 4.42 Å². The number of nitrogens with zero attached hydrogens (tertiary/aromatic N) is 2. The van der Waals surface area contributed by atoms with E-state index in [1.165, 1.54) is 17.8 Å². The van der Waals surface area contributed by atoms with Gasteiger partial charge in [0.2, 0.25) is 10.3 Å². The fourth-order valence-corrected chi connectivity index (χ4v) is 3.19. The highest BCUT2D eigenvalue weighted by Gasteiger charge is 2.16. The molecule has 0 atom stereocenters. The zero-order valence-corrected chi connectivity index (χ0v) is 14.3. The maximum absolute atomic E-state index is 12.3. The van der Waals surface area contributed by atoms with E-state index in [1.807, 2.05) is 26.2 Å². The van der Waals surface area contributed by atoms with Crippen LogP contribution in [0, 0.1) is 13.8 Å². The van der Waals surface area contributed by atoms with E-state index in [4.69, 9.17) is 4.42 Å². The lowest BCUT2D eigenvalue weighted by Crippen LogP contribution is -2.15. The summed E-state index contributed by atoms with van der Waals surface area (Å²) in [7, 11) is 0. The van der Waals surface area contributed by atoms with Crippen LogP contribution in [0.1, 0.15) is 21.7 Å². The van der Waals surface area contributed by atoms with Gasteiger partial charge in [-0.15, -0.1) is 0 Å². The van der Waals surface area contributed by atoms with Crippen molar-refractivity contribution in [2.45, 2.75) is 19.0 Å². The Hall–Kier alpha value is -2.19. The van der Waals surface area contributed by atoms with Crippen LogP contribution in [-0.2, 0) is 0 Å². The average molecular weight is 347 g/mol. The van der Waals surface area contributed by atoms with Crippen LogP contribution >= 0.6 is 23.3 Å². The largest absolute Gasteiger partial charge is 0.450 e. The Morgan fingerprint density at radius 2 is 2.13 bits per heavy atom. The molecule has 0 aliphatic heterocycles. The number of carbonyl (C=O) groups excluding carboxylic acids is 1. The van der Waals surface area contributed by atoms with Crippen molar-refractivity contribution in [3.05, 3.63) is 45.3 Å². The molecule has 0 unspecified atom stereocenters. The second-order valence-electron chi connectivity index (χ2n) is 4.90. The van der Waals surface area contributed by atoms with E-state index < -0.39 is 5.91 Å². The quantitative estimate of drug-likeness (QED) is 0.732. The molecule has 1 N–H and O–H groups in total. The van der Waals surface area contributed by atoms with Gasteiger partial charge in [-0.3, -0.25) is 14.9 Å². The summed E-state index contributed by atoms with van der Waals surface area (Å²) >= 11 is 2.46. The summed E-state index contributed by atoms with van der Waals surface area (Å²) < 4.78 is 9.72. The van der Waals surface area contributed by atoms with Gasteiger partial charge in [0.1, 0.15) is 5.58 Å². The second kappa shape index (κ2) is 6.13. The van der Waals surface area contributed by atoms with Crippen LogP contribution in [0.4, 0.5) is 5.13 Å². The summed E-state index contributed by atoms with van der Waals surface area (Å²) in [6.45, 7) is 3.78. The highest BCUT2D eigenvalue weighted by Crippen LogP contribution is 2.22. The number of hydrogen-bond donors (Lipinski definition) is 1. The predicted octanol–water partition coefficient (Wildman–Crippen LogP) is 3.24. The lowest BCUT2D eigenvalue weighted by Gasteiger charge is -2.06. The molecule has 0 radical (unpaired) electrons. The minimum atomic E-state index is -0.520. The Morgan fingerprint density at radius 3 is 2.83 bits per heavy atom. The van der Waals surface area contributed by atoms with E-state index in [-0.39, 0.29) is 11.2 Å². The molecule has 0 saturated heterocycles. The molecule has 0 fully saturated rings. The summed E-state index contributed by atoms with van der Waals surface area (Å²) in [4.78, 5) is 28.6. The number of thioether (sulfide) groups is 1. The standard InChI is InChI=1S/C15H13N3O3S2/c1-7-4-5-9-10(19)6-11(21-12(9)8(7)2)13(20)16-14-17-15(22-3)18-23-14/h4-6H,1-3H3,(H,16,17,18,20). The van der Waals surface area contributed by atoms with Crippen molar-refractivity contribution < 1.29 is 9.21 Å². The molecule has 0 aliphatic carbocycles. The molecule has 0 saturated carbocycles. The van der Waals surface area contributed by atoms with Crippen LogP contribution < -0.4 is 10.7 Å². The van der Waals surface area contributed by atoms with E-state index in [1.54, 1.807) is 6.07 Å². The van der Waals surface area contributed by atoms with Gasteiger partial charge in [0, 0.05) is 17.6 Å². The highest BCUT2D eigenvalue weighted by atomic mass is 32.2. The number of benzene rings is 1. The third-order valence-electron chi connectivity index (χ3n) is 3.45. The molecule has 1 aromatic carbocycles. The van der Waals surface area contributed by atoms with Gasteiger partial charge in [-0.25, -0.2) is 0 Å². The molecule has 0 spiro atoms. The minimum Gasteiger partial charge on any atom is -0.450 e. The summed E-state index contributed by atoms with van der Waals surface area (Å²) in [5, 5.41) is 4.01. The summed E-state index contributed by atoms with van der Waals surface area (Å²) in [5.41, 5.74) is 2.02. The molecular weight excluding hydrogens is 334 g/mol. The maximum atomic E-state index is 12.3. The van der Waals surface area contributed by atoms with Crippen molar-refractivity contribution in [3.63, 3.8) is 0 Å². The molecule has 2 heterocycles.